The van der Waals surface area contributed by atoms with Gasteiger partial charge in [-0.2, -0.15) is 0 Å². The second-order valence-electron chi connectivity index (χ2n) is 5.94. The van der Waals surface area contributed by atoms with Gasteiger partial charge in [0.2, 0.25) is 5.91 Å². The SMILES string of the molecule is Cc1ccccc1CC1CCN(N(C)c2ccccc2)C1=O. The van der Waals surface area contributed by atoms with E-state index in [2.05, 4.69) is 25.1 Å². The van der Waals surface area contributed by atoms with Gasteiger partial charge in [0.25, 0.3) is 0 Å². The fraction of sp³-hybridized carbons (Fsp3) is 0.316. The fourth-order valence-corrected chi connectivity index (χ4v) is 3.10. The normalized spacial score (nSPS) is 17.8. The Balaban J connectivity index is 1.71. The van der Waals surface area contributed by atoms with Gasteiger partial charge < -0.3 is 0 Å². The van der Waals surface area contributed by atoms with Crippen LogP contribution in [0.15, 0.2) is 54.6 Å². The molecule has 1 aliphatic heterocycles. The van der Waals surface area contributed by atoms with Gasteiger partial charge in [0, 0.05) is 19.5 Å². The Morgan fingerprint density at radius 3 is 2.50 bits per heavy atom. The Morgan fingerprint density at radius 2 is 1.77 bits per heavy atom. The Kier molecular flexibility index (Phi) is 4.14. The Bertz CT molecular complexity index is 653. The van der Waals surface area contributed by atoms with Crippen LogP contribution in [0.3, 0.4) is 0 Å². The van der Waals surface area contributed by atoms with Gasteiger partial charge in [-0.05, 0) is 43.0 Å². The zero-order valence-electron chi connectivity index (χ0n) is 13.2. The standard InChI is InChI=1S/C19H22N2O/c1-15-8-6-7-9-16(15)14-17-12-13-21(19(17)22)20(2)18-10-4-3-5-11-18/h3-11,17H,12-14H2,1-2H3. The van der Waals surface area contributed by atoms with Crippen molar-refractivity contribution in [2.24, 2.45) is 5.92 Å². The number of carbonyl (C=O) groups is 1. The smallest absolute Gasteiger partial charge is 0.244 e. The molecular formula is C19H22N2O. The van der Waals surface area contributed by atoms with Crippen molar-refractivity contribution in [3.05, 3.63) is 65.7 Å². The first-order chi connectivity index (χ1) is 10.7. The molecule has 1 fully saturated rings. The molecule has 3 nitrogen and oxygen atoms in total. The Hall–Kier alpha value is -2.29. The van der Waals surface area contributed by atoms with E-state index in [1.807, 2.05) is 53.5 Å². The molecule has 22 heavy (non-hydrogen) atoms. The highest BCUT2D eigenvalue weighted by molar-refractivity contribution is 5.82. The van der Waals surface area contributed by atoms with Gasteiger partial charge in [0.1, 0.15) is 0 Å². The van der Waals surface area contributed by atoms with Crippen LogP contribution >= 0.6 is 0 Å². The summed E-state index contributed by atoms with van der Waals surface area (Å²) in [5, 5.41) is 3.85. The molecule has 2 aromatic carbocycles. The van der Waals surface area contributed by atoms with Crippen molar-refractivity contribution in [3.63, 3.8) is 0 Å². The second-order valence-corrected chi connectivity index (χ2v) is 5.94. The van der Waals surface area contributed by atoms with Crippen LogP contribution in [0.25, 0.3) is 0 Å². The number of anilines is 1. The summed E-state index contributed by atoms with van der Waals surface area (Å²) in [4.78, 5) is 12.7. The van der Waals surface area contributed by atoms with Crippen LogP contribution in [0.5, 0.6) is 0 Å². The molecule has 0 bridgehead atoms. The summed E-state index contributed by atoms with van der Waals surface area (Å²) in [5.74, 6) is 0.321. The first-order valence-electron chi connectivity index (χ1n) is 7.81. The minimum Gasteiger partial charge on any atom is -0.286 e. The largest absolute Gasteiger partial charge is 0.286 e. The third-order valence-corrected chi connectivity index (χ3v) is 4.51. The number of carbonyl (C=O) groups excluding carboxylic acids is 1. The number of rotatable bonds is 4. The first-order valence-corrected chi connectivity index (χ1v) is 7.81. The molecule has 0 spiro atoms. The predicted molar refractivity (Wildman–Crippen MR) is 89.5 cm³/mol. The number of nitrogens with zero attached hydrogens (tertiary/aromatic N) is 2. The quantitative estimate of drug-likeness (QED) is 0.862. The molecule has 1 atom stereocenters. The van der Waals surface area contributed by atoms with E-state index in [0.29, 0.717) is 0 Å². The number of hydrazine groups is 1. The van der Waals surface area contributed by atoms with Gasteiger partial charge >= 0.3 is 0 Å². The minimum atomic E-state index is 0.0901. The van der Waals surface area contributed by atoms with Crippen LogP contribution < -0.4 is 5.01 Å². The fourth-order valence-electron chi connectivity index (χ4n) is 3.10. The zero-order valence-corrected chi connectivity index (χ0v) is 13.2. The van der Waals surface area contributed by atoms with Crippen molar-refractivity contribution in [1.82, 2.24) is 5.01 Å². The first kappa shape index (κ1) is 14.6. The maximum atomic E-state index is 12.7. The van der Waals surface area contributed by atoms with Crippen LogP contribution in [0, 0.1) is 12.8 Å². The molecule has 1 heterocycles. The summed E-state index contributed by atoms with van der Waals surface area (Å²) < 4.78 is 0. The van der Waals surface area contributed by atoms with Gasteiger partial charge in [-0.25, -0.2) is 0 Å². The van der Waals surface area contributed by atoms with Gasteiger partial charge in [-0.3, -0.25) is 14.8 Å². The summed E-state index contributed by atoms with van der Waals surface area (Å²) in [6, 6.07) is 18.4. The molecular weight excluding hydrogens is 272 g/mol. The number of hydrogen-bond acceptors (Lipinski definition) is 2. The van der Waals surface area contributed by atoms with Gasteiger partial charge in [-0.15, -0.1) is 0 Å². The molecule has 3 rings (SSSR count). The van der Waals surface area contributed by atoms with E-state index < -0.39 is 0 Å². The highest BCUT2D eigenvalue weighted by Crippen LogP contribution is 2.26. The average Bonchev–Trinajstić information content (AvgIpc) is 2.91. The number of para-hydroxylation sites is 1. The third-order valence-electron chi connectivity index (χ3n) is 4.51. The lowest BCUT2D eigenvalue weighted by Gasteiger charge is -2.30. The number of benzene rings is 2. The lowest BCUT2D eigenvalue weighted by atomic mass is 9.95. The number of hydrogen-bond donors (Lipinski definition) is 0. The van der Waals surface area contributed by atoms with Crippen LogP contribution in [0.2, 0.25) is 0 Å². The zero-order chi connectivity index (χ0) is 15.5. The third kappa shape index (κ3) is 2.84. The molecule has 0 N–H and O–H groups in total. The molecule has 1 amide bonds. The number of amides is 1. The van der Waals surface area contributed by atoms with Crippen molar-refractivity contribution < 1.29 is 4.79 Å². The predicted octanol–water partition coefficient (Wildman–Crippen LogP) is 3.44. The summed E-state index contributed by atoms with van der Waals surface area (Å²) in [5.41, 5.74) is 3.60. The van der Waals surface area contributed by atoms with Crippen LogP contribution in [-0.4, -0.2) is 24.5 Å². The Labute approximate surface area is 132 Å². The van der Waals surface area contributed by atoms with E-state index in [4.69, 9.17) is 0 Å². The highest BCUT2D eigenvalue weighted by atomic mass is 16.2. The molecule has 0 aliphatic carbocycles. The van der Waals surface area contributed by atoms with Crippen LogP contribution in [-0.2, 0) is 11.2 Å². The van der Waals surface area contributed by atoms with Gasteiger partial charge in [0.05, 0.1) is 5.69 Å². The van der Waals surface area contributed by atoms with E-state index in [0.717, 1.165) is 25.1 Å². The Morgan fingerprint density at radius 1 is 1.09 bits per heavy atom. The van der Waals surface area contributed by atoms with Crippen molar-refractivity contribution >= 4 is 11.6 Å². The van der Waals surface area contributed by atoms with Crippen molar-refractivity contribution in [3.8, 4) is 0 Å². The van der Waals surface area contributed by atoms with Crippen molar-refractivity contribution in [2.75, 3.05) is 18.6 Å². The summed E-state index contributed by atoms with van der Waals surface area (Å²) in [7, 11) is 1.96. The molecule has 1 unspecified atom stereocenters. The van der Waals surface area contributed by atoms with Gasteiger partial charge in [0.15, 0.2) is 0 Å². The lowest BCUT2D eigenvalue weighted by molar-refractivity contribution is -0.131. The molecule has 1 saturated heterocycles. The molecule has 0 radical (unpaired) electrons. The maximum Gasteiger partial charge on any atom is 0.244 e. The molecule has 114 valence electrons. The molecule has 2 aromatic rings. The van der Waals surface area contributed by atoms with E-state index in [-0.39, 0.29) is 11.8 Å². The number of aryl methyl sites for hydroxylation is 1. The van der Waals surface area contributed by atoms with Crippen molar-refractivity contribution in [2.45, 2.75) is 19.8 Å². The van der Waals surface area contributed by atoms with E-state index >= 15 is 0 Å². The highest BCUT2D eigenvalue weighted by Gasteiger charge is 2.34. The van der Waals surface area contributed by atoms with E-state index in [1.165, 1.54) is 11.1 Å². The topological polar surface area (TPSA) is 23.6 Å². The van der Waals surface area contributed by atoms with Crippen molar-refractivity contribution in [1.29, 1.82) is 0 Å². The summed E-state index contributed by atoms with van der Waals surface area (Å²) in [6.45, 7) is 2.91. The molecule has 1 aliphatic rings. The van der Waals surface area contributed by atoms with E-state index in [1.54, 1.807) is 0 Å². The lowest BCUT2D eigenvalue weighted by Crippen LogP contribution is -2.42. The monoisotopic (exact) mass is 294 g/mol. The second kappa shape index (κ2) is 6.22. The molecule has 0 saturated carbocycles. The minimum absolute atomic E-state index is 0.0901. The molecule has 3 heteroatoms. The van der Waals surface area contributed by atoms with Crippen LogP contribution in [0.4, 0.5) is 5.69 Å². The molecule has 0 aromatic heterocycles. The average molecular weight is 294 g/mol. The summed E-state index contributed by atoms with van der Waals surface area (Å²) in [6.07, 6.45) is 1.76. The maximum absolute atomic E-state index is 12.7. The van der Waals surface area contributed by atoms with Crippen LogP contribution in [0.1, 0.15) is 17.5 Å². The van der Waals surface area contributed by atoms with Gasteiger partial charge in [-0.1, -0.05) is 42.5 Å². The summed E-state index contributed by atoms with van der Waals surface area (Å²) >= 11 is 0. The van der Waals surface area contributed by atoms with E-state index in [9.17, 15) is 4.79 Å².